The number of nitrogens with zero attached hydrogens (tertiary/aromatic N) is 2. The minimum atomic E-state index is -1.06. The number of carbonyl (C=O) groups is 2. The molecular weight excluding hydrogens is 272 g/mol. The molecule has 1 aromatic heterocycles. The van der Waals surface area contributed by atoms with Gasteiger partial charge in [-0.3, -0.25) is 9.78 Å². The number of hydrogen-bond acceptors (Lipinski definition) is 4. The maximum absolute atomic E-state index is 12.6. The van der Waals surface area contributed by atoms with Gasteiger partial charge in [0.25, 0.3) is 5.91 Å². The van der Waals surface area contributed by atoms with E-state index in [1.807, 2.05) is 30.3 Å². The Morgan fingerprint density at radius 2 is 2.10 bits per heavy atom. The molecule has 2 heterocycles. The second kappa shape index (κ2) is 5.49. The maximum Gasteiger partial charge on any atom is 0.334 e. The molecular formula is C15H14N2O4. The Labute approximate surface area is 121 Å². The van der Waals surface area contributed by atoms with Gasteiger partial charge in [-0.2, -0.15) is 0 Å². The predicted molar refractivity (Wildman–Crippen MR) is 75.0 cm³/mol. The topological polar surface area (TPSA) is 79.7 Å². The van der Waals surface area contributed by atoms with Crippen molar-refractivity contribution in [3.63, 3.8) is 0 Å². The highest BCUT2D eigenvalue weighted by Gasteiger charge is 2.30. The van der Waals surface area contributed by atoms with E-state index in [1.54, 1.807) is 6.20 Å². The van der Waals surface area contributed by atoms with Crippen molar-refractivity contribution in [2.45, 2.75) is 6.10 Å². The Morgan fingerprint density at radius 3 is 2.90 bits per heavy atom. The SMILES string of the molecule is O=C(O)[C@H]1CN(C(=O)c2nccc3ccccc23)CCO1. The first kappa shape index (κ1) is 13.5. The van der Waals surface area contributed by atoms with Crippen LogP contribution >= 0.6 is 0 Å². The van der Waals surface area contributed by atoms with E-state index in [1.165, 1.54) is 4.90 Å². The summed E-state index contributed by atoms with van der Waals surface area (Å²) in [6, 6.07) is 9.33. The Morgan fingerprint density at radius 1 is 1.29 bits per heavy atom. The molecule has 0 radical (unpaired) electrons. The van der Waals surface area contributed by atoms with Crippen molar-refractivity contribution >= 4 is 22.6 Å². The molecule has 0 spiro atoms. The molecule has 1 aromatic carbocycles. The molecule has 1 aliphatic rings. The lowest BCUT2D eigenvalue weighted by molar-refractivity contribution is -0.154. The maximum atomic E-state index is 12.6. The number of aromatic nitrogens is 1. The molecule has 2 aromatic rings. The van der Waals surface area contributed by atoms with Gasteiger partial charge in [-0.1, -0.05) is 24.3 Å². The summed E-state index contributed by atoms with van der Waals surface area (Å²) in [4.78, 5) is 29.2. The number of fused-ring (bicyclic) bond motifs is 1. The zero-order valence-corrected chi connectivity index (χ0v) is 11.2. The highest BCUT2D eigenvalue weighted by Crippen LogP contribution is 2.19. The number of amides is 1. The summed E-state index contributed by atoms with van der Waals surface area (Å²) in [5.41, 5.74) is 0.346. The molecule has 1 saturated heterocycles. The number of hydrogen-bond donors (Lipinski definition) is 1. The zero-order valence-electron chi connectivity index (χ0n) is 11.2. The molecule has 6 nitrogen and oxygen atoms in total. The molecule has 21 heavy (non-hydrogen) atoms. The third-order valence-corrected chi connectivity index (χ3v) is 3.51. The van der Waals surface area contributed by atoms with Gasteiger partial charge in [0, 0.05) is 18.1 Å². The van der Waals surface area contributed by atoms with Crippen LogP contribution in [0.15, 0.2) is 36.5 Å². The van der Waals surface area contributed by atoms with Crippen molar-refractivity contribution in [3.05, 3.63) is 42.2 Å². The van der Waals surface area contributed by atoms with Crippen LogP contribution in [0.1, 0.15) is 10.5 Å². The van der Waals surface area contributed by atoms with Gasteiger partial charge < -0.3 is 14.7 Å². The first-order valence-electron chi connectivity index (χ1n) is 6.64. The van der Waals surface area contributed by atoms with Gasteiger partial charge >= 0.3 is 5.97 Å². The number of rotatable bonds is 2. The predicted octanol–water partition coefficient (Wildman–Crippen LogP) is 1.16. The van der Waals surface area contributed by atoms with Gasteiger partial charge in [0.2, 0.25) is 0 Å². The first-order valence-corrected chi connectivity index (χ1v) is 6.64. The molecule has 0 bridgehead atoms. The lowest BCUT2D eigenvalue weighted by atomic mass is 10.1. The van der Waals surface area contributed by atoms with Crippen LogP contribution in [-0.4, -0.2) is 52.7 Å². The Balaban J connectivity index is 1.92. The number of aliphatic carboxylic acids is 1. The van der Waals surface area contributed by atoms with Crippen LogP contribution in [-0.2, 0) is 9.53 Å². The number of morpholine rings is 1. The minimum absolute atomic E-state index is 0.0407. The molecule has 1 N–H and O–H groups in total. The number of carboxylic acids is 1. The van der Waals surface area contributed by atoms with E-state index in [-0.39, 0.29) is 19.1 Å². The van der Waals surface area contributed by atoms with Crippen LogP contribution in [0.4, 0.5) is 0 Å². The summed E-state index contributed by atoms with van der Waals surface area (Å²) in [6.45, 7) is 0.625. The second-order valence-electron chi connectivity index (χ2n) is 4.83. The average Bonchev–Trinajstić information content (AvgIpc) is 2.53. The van der Waals surface area contributed by atoms with E-state index in [4.69, 9.17) is 9.84 Å². The van der Waals surface area contributed by atoms with Crippen molar-refractivity contribution < 1.29 is 19.4 Å². The monoisotopic (exact) mass is 286 g/mol. The van der Waals surface area contributed by atoms with E-state index in [9.17, 15) is 9.59 Å². The van der Waals surface area contributed by atoms with Crippen LogP contribution in [0.3, 0.4) is 0 Å². The lowest BCUT2D eigenvalue weighted by Crippen LogP contribution is -2.48. The molecule has 1 fully saturated rings. The van der Waals surface area contributed by atoms with Crippen molar-refractivity contribution in [1.82, 2.24) is 9.88 Å². The fraction of sp³-hybridized carbons (Fsp3) is 0.267. The zero-order chi connectivity index (χ0) is 14.8. The van der Waals surface area contributed by atoms with Gasteiger partial charge in [0.15, 0.2) is 6.10 Å². The molecule has 1 aliphatic heterocycles. The fourth-order valence-electron chi connectivity index (χ4n) is 2.42. The van der Waals surface area contributed by atoms with Gasteiger partial charge in [0.05, 0.1) is 13.2 Å². The number of carbonyl (C=O) groups excluding carboxylic acids is 1. The third kappa shape index (κ3) is 2.57. The van der Waals surface area contributed by atoms with Crippen LogP contribution in [0, 0.1) is 0 Å². The van der Waals surface area contributed by atoms with Crippen LogP contribution in [0.25, 0.3) is 10.8 Å². The normalized spacial score (nSPS) is 18.7. The Kier molecular flexibility index (Phi) is 3.53. The lowest BCUT2D eigenvalue weighted by Gasteiger charge is -2.30. The largest absolute Gasteiger partial charge is 0.479 e. The molecule has 6 heteroatoms. The summed E-state index contributed by atoms with van der Waals surface area (Å²) < 4.78 is 5.13. The van der Waals surface area contributed by atoms with E-state index in [0.717, 1.165) is 10.8 Å². The van der Waals surface area contributed by atoms with E-state index in [0.29, 0.717) is 12.2 Å². The van der Waals surface area contributed by atoms with Crippen molar-refractivity contribution in [1.29, 1.82) is 0 Å². The molecule has 0 aliphatic carbocycles. The standard InChI is InChI=1S/C15H14N2O4/c18-14(17-7-8-21-12(9-17)15(19)20)13-11-4-2-1-3-10(11)5-6-16-13/h1-6,12H,7-9H2,(H,19,20)/t12-/m1/s1. The summed E-state index contributed by atoms with van der Waals surface area (Å²) in [5.74, 6) is -1.32. The number of pyridine rings is 1. The summed E-state index contributed by atoms with van der Waals surface area (Å²) in [6.07, 6.45) is 0.614. The fourth-order valence-corrected chi connectivity index (χ4v) is 2.42. The van der Waals surface area contributed by atoms with Crippen molar-refractivity contribution in [2.75, 3.05) is 19.7 Å². The molecule has 108 valence electrons. The van der Waals surface area contributed by atoms with Gasteiger partial charge in [-0.25, -0.2) is 4.79 Å². The van der Waals surface area contributed by atoms with Crippen LogP contribution < -0.4 is 0 Å². The highest BCUT2D eigenvalue weighted by molar-refractivity contribution is 6.05. The smallest absolute Gasteiger partial charge is 0.334 e. The molecule has 0 saturated carbocycles. The number of carboxylic acid groups (broad SMARTS) is 1. The highest BCUT2D eigenvalue weighted by atomic mass is 16.5. The Bertz CT molecular complexity index is 696. The first-order chi connectivity index (χ1) is 10.2. The molecule has 0 unspecified atom stereocenters. The quantitative estimate of drug-likeness (QED) is 0.896. The molecule has 3 rings (SSSR count). The minimum Gasteiger partial charge on any atom is -0.479 e. The molecule has 1 amide bonds. The molecule has 1 atom stereocenters. The average molecular weight is 286 g/mol. The van der Waals surface area contributed by atoms with E-state index < -0.39 is 12.1 Å². The van der Waals surface area contributed by atoms with E-state index in [2.05, 4.69) is 4.98 Å². The van der Waals surface area contributed by atoms with Gasteiger partial charge in [-0.05, 0) is 11.5 Å². The summed E-state index contributed by atoms with van der Waals surface area (Å²) in [7, 11) is 0. The van der Waals surface area contributed by atoms with Crippen molar-refractivity contribution in [3.8, 4) is 0 Å². The summed E-state index contributed by atoms with van der Waals surface area (Å²) in [5, 5.41) is 10.7. The Hall–Kier alpha value is -2.47. The van der Waals surface area contributed by atoms with Crippen LogP contribution in [0.2, 0.25) is 0 Å². The van der Waals surface area contributed by atoms with Gasteiger partial charge in [-0.15, -0.1) is 0 Å². The summed E-state index contributed by atoms with van der Waals surface area (Å²) >= 11 is 0. The van der Waals surface area contributed by atoms with E-state index >= 15 is 0 Å². The number of benzene rings is 1. The second-order valence-corrected chi connectivity index (χ2v) is 4.83. The van der Waals surface area contributed by atoms with Crippen molar-refractivity contribution in [2.24, 2.45) is 0 Å². The van der Waals surface area contributed by atoms with Gasteiger partial charge in [0.1, 0.15) is 5.69 Å². The van der Waals surface area contributed by atoms with Crippen LogP contribution in [0.5, 0.6) is 0 Å². The number of ether oxygens (including phenoxy) is 1. The third-order valence-electron chi connectivity index (χ3n) is 3.51.